The summed E-state index contributed by atoms with van der Waals surface area (Å²) in [6, 6.07) is 4.69. The summed E-state index contributed by atoms with van der Waals surface area (Å²) in [4.78, 5) is 23.5. The predicted octanol–water partition coefficient (Wildman–Crippen LogP) is 3.00. The topological polar surface area (TPSA) is 88.4 Å². The zero-order chi connectivity index (χ0) is 16.5. The van der Waals surface area contributed by atoms with Gasteiger partial charge in [0.25, 0.3) is 5.79 Å². The minimum absolute atomic E-state index is 0.198. The lowest BCUT2D eigenvalue weighted by atomic mass is 10.2. The molecule has 1 fully saturated rings. The fraction of sp³-hybridized carbons (Fsp3) is 0.214. The van der Waals surface area contributed by atoms with E-state index in [9.17, 15) is 9.59 Å². The van der Waals surface area contributed by atoms with Gasteiger partial charge in [-0.05, 0) is 12.1 Å². The van der Waals surface area contributed by atoms with Crippen molar-refractivity contribution < 1.29 is 19.1 Å². The number of anilines is 1. The van der Waals surface area contributed by atoms with E-state index in [0.29, 0.717) is 0 Å². The fourth-order valence-electron chi connectivity index (χ4n) is 1.69. The first-order chi connectivity index (χ1) is 10.2. The summed E-state index contributed by atoms with van der Waals surface area (Å²) in [6.07, 6.45) is 1.10. The standard InChI is InChI=1S/C14H10Cl2N2O4/c1-14(2)21-12(19)8(13(20)22-14)6-18-11-4-10(16)9(15)3-7(11)5-17/h3-4,6,18H,1-2H3. The molecule has 2 rings (SSSR count). The molecule has 1 aliphatic heterocycles. The SMILES string of the molecule is CC1(C)OC(=O)C(=CNc2cc(Cl)c(Cl)cc2C#N)C(=O)O1. The fourth-order valence-corrected chi connectivity index (χ4v) is 2.01. The van der Waals surface area contributed by atoms with Gasteiger partial charge in [0.15, 0.2) is 5.57 Å². The van der Waals surface area contributed by atoms with Crippen LogP contribution in [-0.4, -0.2) is 17.7 Å². The van der Waals surface area contributed by atoms with Crippen molar-refractivity contribution in [2.45, 2.75) is 19.6 Å². The molecule has 0 aliphatic carbocycles. The molecule has 0 atom stereocenters. The summed E-state index contributed by atoms with van der Waals surface area (Å²) in [7, 11) is 0. The van der Waals surface area contributed by atoms with Crippen molar-refractivity contribution in [3.63, 3.8) is 0 Å². The molecule has 8 heteroatoms. The van der Waals surface area contributed by atoms with Gasteiger partial charge in [-0.3, -0.25) is 0 Å². The van der Waals surface area contributed by atoms with E-state index in [1.54, 1.807) is 0 Å². The summed E-state index contributed by atoms with van der Waals surface area (Å²) in [5.74, 6) is -2.97. The van der Waals surface area contributed by atoms with Crippen LogP contribution in [0.5, 0.6) is 0 Å². The van der Waals surface area contributed by atoms with Gasteiger partial charge in [0.2, 0.25) is 0 Å². The molecule has 0 aromatic heterocycles. The smallest absolute Gasteiger partial charge is 0.350 e. The van der Waals surface area contributed by atoms with Crippen molar-refractivity contribution in [1.29, 1.82) is 5.26 Å². The molecule has 0 amide bonds. The molecular formula is C14H10Cl2N2O4. The molecule has 0 bridgehead atoms. The lowest BCUT2D eigenvalue weighted by Crippen LogP contribution is -2.42. The van der Waals surface area contributed by atoms with Gasteiger partial charge in [-0.25, -0.2) is 9.59 Å². The van der Waals surface area contributed by atoms with Crippen molar-refractivity contribution in [1.82, 2.24) is 0 Å². The number of carbonyl (C=O) groups excluding carboxylic acids is 2. The molecule has 1 aromatic rings. The number of carbonyl (C=O) groups is 2. The maximum absolute atomic E-state index is 11.8. The third-order valence-electron chi connectivity index (χ3n) is 2.67. The normalized spacial score (nSPS) is 16.4. The number of hydrogen-bond donors (Lipinski definition) is 1. The van der Waals surface area contributed by atoms with E-state index in [1.807, 2.05) is 6.07 Å². The average molecular weight is 341 g/mol. The first-order valence-electron chi connectivity index (χ1n) is 6.06. The molecule has 1 N–H and O–H groups in total. The van der Waals surface area contributed by atoms with Gasteiger partial charge in [0.1, 0.15) is 6.07 Å². The number of nitrogens with one attached hydrogen (secondary N) is 1. The summed E-state index contributed by atoms with van der Waals surface area (Å²) < 4.78 is 9.88. The summed E-state index contributed by atoms with van der Waals surface area (Å²) in [5.41, 5.74) is 0.160. The van der Waals surface area contributed by atoms with Gasteiger partial charge in [-0.2, -0.15) is 5.26 Å². The quantitative estimate of drug-likeness (QED) is 0.505. The first-order valence-corrected chi connectivity index (χ1v) is 6.81. The molecule has 114 valence electrons. The Balaban J connectivity index is 2.29. The maximum Gasteiger partial charge on any atom is 0.350 e. The van der Waals surface area contributed by atoms with Crippen LogP contribution in [0.1, 0.15) is 19.4 Å². The molecule has 6 nitrogen and oxygen atoms in total. The van der Waals surface area contributed by atoms with E-state index < -0.39 is 17.7 Å². The van der Waals surface area contributed by atoms with Crippen LogP contribution in [0.15, 0.2) is 23.9 Å². The average Bonchev–Trinajstić information content (AvgIpc) is 2.40. The van der Waals surface area contributed by atoms with Crippen LogP contribution in [0.2, 0.25) is 10.0 Å². The highest BCUT2D eigenvalue weighted by atomic mass is 35.5. The summed E-state index contributed by atoms with van der Waals surface area (Å²) in [6.45, 7) is 2.89. The second kappa shape index (κ2) is 5.87. The molecule has 0 unspecified atom stereocenters. The van der Waals surface area contributed by atoms with Gasteiger partial charge in [-0.15, -0.1) is 0 Å². The lowest BCUT2D eigenvalue weighted by Gasteiger charge is -2.29. The van der Waals surface area contributed by atoms with Crippen molar-refractivity contribution in [3.05, 3.63) is 39.5 Å². The van der Waals surface area contributed by atoms with Crippen LogP contribution >= 0.6 is 23.2 Å². The van der Waals surface area contributed by atoms with E-state index in [0.717, 1.165) is 6.20 Å². The third-order valence-corrected chi connectivity index (χ3v) is 3.39. The van der Waals surface area contributed by atoms with Crippen LogP contribution in [0.4, 0.5) is 5.69 Å². The van der Waals surface area contributed by atoms with E-state index in [1.165, 1.54) is 26.0 Å². The molecule has 1 aliphatic rings. The Bertz CT molecular complexity index is 713. The number of halogens is 2. The Labute approximate surface area is 136 Å². The van der Waals surface area contributed by atoms with Crippen LogP contribution in [0.3, 0.4) is 0 Å². The molecule has 1 heterocycles. The van der Waals surface area contributed by atoms with E-state index in [4.69, 9.17) is 37.9 Å². The number of nitrogens with zero attached hydrogens (tertiary/aromatic N) is 1. The van der Waals surface area contributed by atoms with Crippen molar-refractivity contribution in [2.75, 3.05) is 5.32 Å². The monoisotopic (exact) mass is 340 g/mol. The summed E-state index contributed by atoms with van der Waals surface area (Å²) in [5, 5.41) is 12.1. The number of benzene rings is 1. The summed E-state index contributed by atoms with van der Waals surface area (Å²) >= 11 is 11.7. The maximum atomic E-state index is 11.8. The Kier molecular flexibility index (Phi) is 4.31. The Morgan fingerprint density at radius 3 is 2.27 bits per heavy atom. The van der Waals surface area contributed by atoms with Gasteiger partial charge < -0.3 is 14.8 Å². The number of ether oxygens (including phenoxy) is 2. The number of hydrogen-bond acceptors (Lipinski definition) is 6. The first kappa shape index (κ1) is 16.1. The molecule has 0 saturated carbocycles. The van der Waals surface area contributed by atoms with Gasteiger partial charge >= 0.3 is 11.9 Å². The second-order valence-electron chi connectivity index (χ2n) is 4.80. The van der Waals surface area contributed by atoms with Crippen molar-refractivity contribution in [2.24, 2.45) is 0 Å². The Morgan fingerprint density at radius 1 is 1.18 bits per heavy atom. The van der Waals surface area contributed by atoms with E-state index >= 15 is 0 Å². The zero-order valence-electron chi connectivity index (χ0n) is 11.6. The van der Waals surface area contributed by atoms with Crippen LogP contribution < -0.4 is 5.32 Å². The third kappa shape index (κ3) is 3.32. The Hall–Kier alpha value is -2.23. The Morgan fingerprint density at radius 2 is 1.73 bits per heavy atom. The lowest BCUT2D eigenvalue weighted by molar-refractivity contribution is -0.222. The molecule has 0 radical (unpaired) electrons. The zero-order valence-corrected chi connectivity index (χ0v) is 13.1. The number of rotatable bonds is 2. The van der Waals surface area contributed by atoms with Crippen LogP contribution in [0.25, 0.3) is 0 Å². The molecule has 22 heavy (non-hydrogen) atoms. The molecule has 0 spiro atoms. The number of nitriles is 1. The van der Waals surface area contributed by atoms with Gasteiger partial charge in [0.05, 0.1) is 21.3 Å². The van der Waals surface area contributed by atoms with Crippen LogP contribution in [-0.2, 0) is 19.1 Å². The molecule has 1 saturated heterocycles. The highest BCUT2D eigenvalue weighted by Crippen LogP contribution is 2.29. The largest absolute Gasteiger partial charge is 0.419 e. The van der Waals surface area contributed by atoms with Gasteiger partial charge in [0, 0.05) is 20.0 Å². The highest BCUT2D eigenvalue weighted by molar-refractivity contribution is 6.42. The highest BCUT2D eigenvalue weighted by Gasteiger charge is 2.38. The van der Waals surface area contributed by atoms with Crippen LogP contribution in [0, 0.1) is 11.3 Å². The minimum Gasteiger partial charge on any atom is -0.419 e. The van der Waals surface area contributed by atoms with E-state index in [2.05, 4.69) is 5.32 Å². The van der Waals surface area contributed by atoms with Crippen molar-refractivity contribution in [3.8, 4) is 6.07 Å². The van der Waals surface area contributed by atoms with Crippen molar-refractivity contribution >= 4 is 40.8 Å². The van der Waals surface area contributed by atoms with E-state index in [-0.39, 0.29) is 26.9 Å². The number of cyclic esters (lactones) is 2. The molecular weight excluding hydrogens is 331 g/mol. The second-order valence-corrected chi connectivity index (χ2v) is 5.62. The predicted molar refractivity (Wildman–Crippen MR) is 79.1 cm³/mol. The van der Waals surface area contributed by atoms with Gasteiger partial charge in [-0.1, -0.05) is 23.2 Å². The molecule has 1 aromatic carbocycles. The minimum atomic E-state index is -1.31. The number of esters is 2.